The molecule has 8 amide bonds. The van der Waals surface area contributed by atoms with Crippen LogP contribution < -0.4 is 42.7 Å². The summed E-state index contributed by atoms with van der Waals surface area (Å²) in [5, 5.41) is 20.2. The van der Waals surface area contributed by atoms with Gasteiger partial charge in [0.05, 0.1) is 7.11 Å². The van der Waals surface area contributed by atoms with Crippen molar-refractivity contribution < 1.29 is 43.2 Å². The van der Waals surface area contributed by atoms with Crippen LogP contribution in [0.3, 0.4) is 0 Å². The second-order valence-electron chi connectivity index (χ2n) is 35.6. The molecule has 8 N–H and O–H groups in total. The maximum atomic E-state index is 11.4. The quantitative estimate of drug-likeness (QED) is 0.0817. The van der Waals surface area contributed by atoms with E-state index in [0.29, 0.717) is 41.7 Å². The van der Waals surface area contributed by atoms with E-state index in [1.54, 1.807) is 20.9 Å². The molecule has 0 heterocycles. The predicted molar refractivity (Wildman–Crippen MR) is 509 cm³/mol. The van der Waals surface area contributed by atoms with Crippen LogP contribution in [0, 0.1) is 82.9 Å². The molecule has 0 spiro atoms. The smallest absolute Gasteiger partial charge is 0.246 e. The van der Waals surface area contributed by atoms with Gasteiger partial charge in [-0.25, -0.2) is 5.48 Å². The molecule has 0 aromatic carbocycles. The lowest BCUT2D eigenvalue weighted by atomic mass is 9.82. The molecular weight excluding hydrogens is 1460 g/mol. The standard InChI is InChI=1S/4C10H19NO.C9H17NO2.3C9H17NO.8C3H8/c4*1-3-11-10(12)9-6-4-8(2)5-7-9;1-7-3-5-8(6-4-7)9(11)10-12-2;1-7-3-5-8(6-4-7)9(11)10-2;2*1-7-3-5-9(6-4-7)10-8(2)11;8*1-3-2/h4*8-9H,3-7H2,1-2H3,(H,11,12);7-8H,3-6H2,1-2H3,(H,10,11);7-8H,3-6H2,1-2H3,(H,10,11);2*7,9H,3-6H2,1-2H3,(H,10,11);8*3H2,1-2H3. The van der Waals surface area contributed by atoms with Crippen molar-refractivity contribution in [1.29, 1.82) is 0 Å². The van der Waals surface area contributed by atoms with Crippen molar-refractivity contribution in [3.8, 4) is 0 Å². The van der Waals surface area contributed by atoms with E-state index in [1.807, 2.05) is 27.7 Å². The molecule has 8 fully saturated rings. The van der Waals surface area contributed by atoms with E-state index in [9.17, 15) is 38.4 Å². The summed E-state index contributed by atoms with van der Waals surface area (Å²) in [6.45, 7) is 66.3. The van der Waals surface area contributed by atoms with Crippen LogP contribution in [0.15, 0.2) is 0 Å². The van der Waals surface area contributed by atoms with Gasteiger partial charge in [-0.15, -0.1) is 0 Å². The first-order chi connectivity index (χ1) is 55.6. The predicted octanol–water partition coefficient (Wildman–Crippen LogP) is 25.6. The number of nitrogens with one attached hydrogen (secondary N) is 8. The van der Waals surface area contributed by atoms with E-state index < -0.39 is 0 Å². The average Bonchev–Trinajstić information content (AvgIpc) is 0.928. The molecule has 0 bridgehead atoms. The van der Waals surface area contributed by atoms with Crippen LogP contribution in [0.25, 0.3) is 0 Å². The number of carbonyl (C=O) groups is 8. The molecule has 8 aliphatic rings. The molecule has 0 radical (unpaired) electrons. The van der Waals surface area contributed by atoms with Crippen LogP contribution in [0.4, 0.5) is 0 Å². The molecule has 8 rings (SSSR count). The summed E-state index contributed by atoms with van der Waals surface area (Å²) in [6.07, 6.45) is 47.2. The zero-order valence-corrected chi connectivity index (χ0v) is 84.0. The van der Waals surface area contributed by atoms with E-state index in [1.165, 1.54) is 187 Å². The van der Waals surface area contributed by atoms with Gasteiger partial charge < -0.3 is 37.2 Å². The largest absolute Gasteiger partial charge is 0.359 e. The summed E-state index contributed by atoms with van der Waals surface area (Å²) in [7, 11) is 3.20. The Morgan fingerprint density at radius 1 is 0.231 bits per heavy atom. The van der Waals surface area contributed by atoms with Crippen LogP contribution in [0.5, 0.6) is 0 Å². The fourth-order valence-electron chi connectivity index (χ4n) is 14.2. The highest BCUT2D eigenvalue weighted by Crippen LogP contribution is 2.33. The van der Waals surface area contributed by atoms with Gasteiger partial charge in [0.1, 0.15) is 0 Å². The van der Waals surface area contributed by atoms with E-state index >= 15 is 0 Å². The molecule has 702 valence electrons. The van der Waals surface area contributed by atoms with Gasteiger partial charge in [-0.1, -0.05) is 218 Å². The van der Waals surface area contributed by atoms with Crippen molar-refractivity contribution >= 4 is 47.3 Å². The minimum Gasteiger partial charge on any atom is -0.359 e. The zero-order chi connectivity index (χ0) is 91.3. The maximum Gasteiger partial charge on any atom is 0.246 e. The van der Waals surface area contributed by atoms with Gasteiger partial charge in [0.15, 0.2) is 0 Å². The molecule has 17 nitrogen and oxygen atoms in total. The van der Waals surface area contributed by atoms with Crippen molar-refractivity contribution in [2.75, 3.05) is 40.3 Å². The van der Waals surface area contributed by atoms with Gasteiger partial charge in [-0.2, -0.15) is 0 Å². The van der Waals surface area contributed by atoms with Crippen LogP contribution >= 0.6 is 0 Å². The van der Waals surface area contributed by atoms with E-state index in [4.69, 9.17) is 0 Å². The third-order valence-corrected chi connectivity index (χ3v) is 21.0. The Kier molecular flexibility index (Phi) is 103. The Hall–Kier alpha value is -4.28. The zero-order valence-electron chi connectivity index (χ0n) is 84.0. The molecule has 0 aromatic rings. The minimum absolute atomic E-state index is 0.0457. The Balaban J connectivity index is -0.000000186. The second-order valence-corrected chi connectivity index (χ2v) is 35.6. The summed E-state index contributed by atoms with van der Waals surface area (Å²) in [5.74, 6) is 9.95. The number of hydrogen-bond acceptors (Lipinski definition) is 9. The van der Waals surface area contributed by atoms with E-state index in [0.717, 1.165) is 151 Å². The van der Waals surface area contributed by atoms with Crippen LogP contribution in [0.1, 0.15) is 465 Å². The number of hydrogen-bond donors (Lipinski definition) is 8. The second kappa shape index (κ2) is 94.0. The van der Waals surface area contributed by atoms with Gasteiger partial charge in [-0.05, 0) is 281 Å². The Bertz CT molecular complexity index is 1880. The van der Waals surface area contributed by atoms with Crippen LogP contribution in [-0.2, 0) is 43.2 Å². The molecule has 17 heteroatoms. The number of amides is 8. The monoisotopic (exact) mass is 1670 g/mol. The minimum atomic E-state index is 0.0457. The van der Waals surface area contributed by atoms with Crippen molar-refractivity contribution in [1.82, 2.24) is 42.7 Å². The first kappa shape index (κ1) is 128. The first-order valence-corrected chi connectivity index (χ1v) is 49.3. The van der Waals surface area contributed by atoms with Crippen molar-refractivity contribution in [3.63, 3.8) is 0 Å². The van der Waals surface area contributed by atoms with Crippen molar-refractivity contribution in [2.24, 2.45) is 82.9 Å². The fourth-order valence-corrected chi connectivity index (χ4v) is 14.2. The molecule has 0 aliphatic heterocycles. The number of rotatable bonds is 13. The molecular formula is C100H208N8O9. The maximum absolute atomic E-state index is 11.4. The van der Waals surface area contributed by atoms with E-state index in [2.05, 4.69) is 214 Å². The molecule has 0 atom stereocenters. The molecule has 0 saturated heterocycles. The van der Waals surface area contributed by atoms with Gasteiger partial charge in [-0.3, -0.25) is 43.2 Å². The summed E-state index contributed by atoms with van der Waals surface area (Å²) in [4.78, 5) is 94.0. The Labute approximate surface area is 729 Å². The Morgan fingerprint density at radius 2 is 0.368 bits per heavy atom. The summed E-state index contributed by atoms with van der Waals surface area (Å²) >= 11 is 0. The third-order valence-electron chi connectivity index (χ3n) is 21.0. The third kappa shape index (κ3) is 86.5. The summed E-state index contributed by atoms with van der Waals surface area (Å²) in [6, 6.07) is 0.924. The normalized spacial score (nSPS) is 25.4. The molecule has 0 unspecified atom stereocenters. The SMILES string of the molecule is CC(=O)NC1CCC(C)CC1.CC(=O)NC1CCC(C)CC1.CCC.CCC.CCC.CCC.CCC.CCC.CCC.CCC.CCNC(=O)C1CCC(C)CC1.CCNC(=O)C1CCC(C)CC1.CCNC(=O)C1CCC(C)CC1.CCNC(=O)C1CCC(C)CC1.CNC(=O)C1CCC(C)CC1.CONC(=O)C1CCC(C)CC1. The molecule has 117 heavy (non-hydrogen) atoms. The van der Waals surface area contributed by atoms with E-state index in [-0.39, 0.29) is 53.2 Å². The fraction of sp³-hybridized carbons (Fsp3) is 0.920. The van der Waals surface area contributed by atoms with Crippen molar-refractivity contribution in [3.05, 3.63) is 0 Å². The lowest BCUT2D eigenvalue weighted by molar-refractivity contribution is -0.137. The first-order valence-electron chi connectivity index (χ1n) is 49.3. The molecule has 8 aliphatic carbocycles. The molecule has 8 saturated carbocycles. The van der Waals surface area contributed by atoms with Crippen LogP contribution in [-0.4, -0.2) is 99.7 Å². The summed E-state index contributed by atoms with van der Waals surface area (Å²) < 4.78 is 0. The Morgan fingerprint density at radius 3 is 0.496 bits per heavy atom. The van der Waals surface area contributed by atoms with Gasteiger partial charge in [0, 0.05) is 94.7 Å². The lowest BCUT2D eigenvalue weighted by Crippen LogP contribution is -2.35. The number of carbonyl (C=O) groups excluding carboxylic acids is 8. The number of hydroxylamine groups is 1. The van der Waals surface area contributed by atoms with Gasteiger partial charge in [0.25, 0.3) is 0 Å². The summed E-state index contributed by atoms with van der Waals surface area (Å²) in [5.41, 5.74) is 2.39. The highest BCUT2D eigenvalue weighted by Gasteiger charge is 2.29. The van der Waals surface area contributed by atoms with Crippen LogP contribution in [0.2, 0.25) is 0 Å². The lowest BCUT2D eigenvalue weighted by Gasteiger charge is -2.26. The van der Waals surface area contributed by atoms with Crippen molar-refractivity contribution in [2.45, 2.75) is 477 Å². The molecule has 0 aromatic heterocycles. The topological polar surface area (TPSA) is 242 Å². The highest BCUT2D eigenvalue weighted by atomic mass is 16.6. The van der Waals surface area contributed by atoms with Gasteiger partial charge in [0.2, 0.25) is 47.3 Å². The highest BCUT2D eigenvalue weighted by molar-refractivity contribution is 5.80. The van der Waals surface area contributed by atoms with Gasteiger partial charge >= 0.3 is 0 Å². The average molecular weight is 1670 g/mol.